The van der Waals surface area contributed by atoms with E-state index in [9.17, 15) is 33.6 Å². The van der Waals surface area contributed by atoms with E-state index in [4.69, 9.17) is 10.5 Å². The third-order valence-corrected chi connectivity index (χ3v) is 11.2. The molecule has 0 aromatic heterocycles. The zero-order valence-electron chi connectivity index (χ0n) is 33.8. The molecule has 0 saturated carbocycles. The maximum absolute atomic E-state index is 13.6. The molecular formula is C40H64N6O8S. The number of nitrogens with one attached hydrogen (secondary N) is 3. The first-order valence-electron chi connectivity index (χ1n) is 19.7. The highest BCUT2D eigenvalue weighted by molar-refractivity contribution is 8.00. The predicted molar refractivity (Wildman–Crippen MR) is 215 cm³/mol. The summed E-state index contributed by atoms with van der Waals surface area (Å²) in [5.41, 5.74) is 6.42. The lowest BCUT2D eigenvalue weighted by atomic mass is 9.89. The first-order valence-corrected chi connectivity index (χ1v) is 20.7. The number of hydrogen-bond donors (Lipinski definition) is 4. The Kier molecular flexibility index (Phi) is 20.8. The third-order valence-electron chi connectivity index (χ3n) is 9.93. The largest absolute Gasteiger partial charge is 0.445 e. The molecule has 7 amide bonds. The summed E-state index contributed by atoms with van der Waals surface area (Å²) in [5.74, 6) is -1.06. The SMILES string of the molecule is CCCCSC1CC(=O)N(CCCCCC(=O)N[C@H](C(=O)C[C@@H](CCCNC(N)=O)C(=O)Nc2ccc(COC(=O)N(C)[C@H](C)C(C)C)cc2)C(C)C)C1=O. The van der Waals surface area contributed by atoms with Gasteiger partial charge in [0.1, 0.15) is 6.61 Å². The number of primary amides is 1. The number of nitrogens with zero attached hydrogens (tertiary/aromatic N) is 2. The molecule has 1 aliphatic rings. The van der Waals surface area contributed by atoms with Crippen LogP contribution in [0.25, 0.3) is 0 Å². The molecule has 0 aliphatic carbocycles. The van der Waals surface area contributed by atoms with E-state index < -0.39 is 24.1 Å². The van der Waals surface area contributed by atoms with E-state index in [2.05, 4.69) is 22.9 Å². The molecule has 1 aromatic carbocycles. The van der Waals surface area contributed by atoms with Crippen LogP contribution in [-0.4, -0.2) is 94.6 Å². The van der Waals surface area contributed by atoms with Gasteiger partial charge in [-0.25, -0.2) is 9.59 Å². The summed E-state index contributed by atoms with van der Waals surface area (Å²) in [6.45, 7) is 12.4. The number of hydrogen-bond acceptors (Lipinski definition) is 9. The zero-order chi connectivity index (χ0) is 41.1. The van der Waals surface area contributed by atoms with Crippen molar-refractivity contribution in [1.29, 1.82) is 0 Å². The van der Waals surface area contributed by atoms with Crippen LogP contribution in [0.5, 0.6) is 0 Å². The Balaban J connectivity index is 1.93. The normalized spacial score (nSPS) is 15.8. The van der Waals surface area contributed by atoms with Gasteiger partial charge in [0.05, 0.1) is 11.3 Å². The monoisotopic (exact) mass is 788 g/mol. The quantitative estimate of drug-likeness (QED) is 0.0718. The third kappa shape index (κ3) is 16.6. The fraction of sp³-hybridized carbons (Fsp3) is 0.675. The number of unbranched alkanes of at least 4 members (excludes halogenated alkanes) is 3. The Hall–Kier alpha value is -4.14. The molecule has 4 atom stereocenters. The van der Waals surface area contributed by atoms with Gasteiger partial charge in [0.2, 0.25) is 23.6 Å². The number of anilines is 1. The van der Waals surface area contributed by atoms with Crippen LogP contribution < -0.4 is 21.7 Å². The average Bonchev–Trinajstić information content (AvgIpc) is 3.40. The molecule has 2 rings (SSSR count). The van der Waals surface area contributed by atoms with E-state index in [0.717, 1.165) is 24.2 Å². The number of rotatable bonds is 25. The van der Waals surface area contributed by atoms with Crippen molar-refractivity contribution in [2.75, 3.05) is 31.2 Å². The van der Waals surface area contributed by atoms with E-state index in [1.807, 2.05) is 34.6 Å². The molecule has 308 valence electrons. The summed E-state index contributed by atoms with van der Waals surface area (Å²) in [6.07, 6.45) is 4.37. The van der Waals surface area contributed by atoms with Gasteiger partial charge in [-0.05, 0) is 74.3 Å². The van der Waals surface area contributed by atoms with Crippen molar-refractivity contribution in [3.05, 3.63) is 29.8 Å². The Morgan fingerprint density at radius 2 is 1.65 bits per heavy atom. The molecule has 1 fully saturated rings. The van der Waals surface area contributed by atoms with Crippen LogP contribution in [0, 0.1) is 17.8 Å². The van der Waals surface area contributed by atoms with Crippen LogP contribution in [0.15, 0.2) is 24.3 Å². The summed E-state index contributed by atoms with van der Waals surface area (Å²) in [5, 5.41) is 7.94. The van der Waals surface area contributed by atoms with Crippen LogP contribution in [0.1, 0.15) is 111 Å². The van der Waals surface area contributed by atoms with Crippen LogP contribution in [-0.2, 0) is 35.3 Å². The smallest absolute Gasteiger partial charge is 0.410 e. The minimum absolute atomic E-state index is 0.0146. The van der Waals surface area contributed by atoms with E-state index >= 15 is 0 Å². The van der Waals surface area contributed by atoms with Crippen LogP contribution in [0.2, 0.25) is 0 Å². The molecule has 14 nitrogen and oxygen atoms in total. The summed E-state index contributed by atoms with van der Waals surface area (Å²) in [6, 6.07) is 5.39. The highest BCUT2D eigenvalue weighted by atomic mass is 32.2. The van der Waals surface area contributed by atoms with Crippen molar-refractivity contribution in [3.8, 4) is 0 Å². The fourth-order valence-corrected chi connectivity index (χ4v) is 7.30. The molecule has 1 unspecified atom stereocenters. The van der Waals surface area contributed by atoms with Crippen LogP contribution >= 0.6 is 11.8 Å². The minimum Gasteiger partial charge on any atom is -0.445 e. The lowest BCUT2D eigenvalue weighted by molar-refractivity contribution is -0.138. The molecule has 15 heteroatoms. The standard InChI is InChI=1S/C40H64N6O8S/c1-8-9-22-55-33-24-35(49)46(38(33)51)21-12-10-11-15-34(48)44-36(27(4)5)32(47)23-30(14-13-20-42-39(41)52)37(50)43-31-18-16-29(17-19-31)25-54-40(53)45(7)28(6)26(2)3/h16-19,26-28,30,33,36H,8-15,20-25H2,1-7H3,(H,43,50)(H,44,48)(H3,41,42,52)/t28-,30-,33?,36+/m1/s1. The van der Waals surface area contributed by atoms with Crippen molar-refractivity contribution >= 4 is 59.0 Å². The van der Waals surface area contributed by atoms with Crippen LogP contribution in [0.4, 0.5) is 15.3 Å². The average molecular weight is 789 g/mol. The Morgan fingerprint density at radius 3 is 2.27 bits per heavy atom. The van der Waals surface area contributed by atoms with Crippen molar-refractivity contribution < 1.29 is 38.3 Å². The van der Waals surface area contributed by atoms with Gasteiger partial charge in [0.25, 0.3) is 0 Å². The predicted octanol–water partition coefficient (Wildman–Crippen LogP) is 5.62. The van der Waals surface area contributed by atoms with E-state index in [1.54, 1.807) is 48.0 Å². The van der Waals surface area contributed by atoms with Crippen LogP contribution in [0.3, 0.4) is 0 Å². The van der Waals surface area contributed by atoms with Crippen molar-refractivity contribution in [3.63, 3.8) is 0 Å². The Labute approximate surface area is 331 Å². The fourth-order valence-electron chi connectivity index (χ4n) is 6.03. The summed E-state index contributed by atoms with van der Waals surface area (Å²) in [4.78, 5) is 91.7. The van der Waals surface area contributed by atoms with Gasteiger partial charge in [-0.2, -0.15) is 0 Å². The second kappa shape index (κ2) is 24.4. The molecule has 0 radical (unpaired) electrons. The number of imide groups is 1. The lowest BCUT2D eigenvalue weighted by Crippen LogP contribution is -2.45. The van der Waals surface area contributed by atoms with E-state index in [1.165, 1.54) is 4.90 Å². The molecule has 0 bridgehead atoms. The first-order chi connectivity index (χ1) is 26.0. The molecule has 1 aromatic rings. The second-order valence-electron chi connectivity index (χ2n) is 15.0. The lowest BCUT2D eigenvalue weighted by Gasteiger charge is -2.27. The molecule has 5 N–H and O–H groups in total. The maximum Gasteiger partial charge on any atom is 0.410 e. The minimum atomic E-state index is -0.807. The topological polar surface area (TPSA) is 197 Å². The number of likely N-dealkylation sites (tertiary alicyclic amines) is 1. The molecular weight excluding hydrogens is 725 g/mol. The molecule has 1 heterocycles. The molecule has 0 spiro atoms. The number of urea groups is 1. The first kappa shape index (κ1) is 47.0. The highest BCUT2D eigenvalue weighted by Gasteiger charge is 2.38. The molecule has 55 heavy (non-hydrogen) atoms. The van der Waals surface area contributed by atoms with Gasteiger partial charge >= 0.3 is 12.1 Å². The number of benzene rings is 1. The van der Waals surface area contributed by atoms with Crippen molar-refractivity contribution in [2.24, 2.45) is 23.5 Å². The van der Waals surface area contributed by atoms with Gasteiger partial charge < -0.3 is 31.3 Å². The number of thioether (sulfide) groups is 1. The Bertz CT molecular complexity index is 1440. The van der Waals surface area contributed by atoms with E-state index in [-0.39, 0.29) is 91.4 Å². The number of Topliss-reactive ketones (excluding diaryl/α,β-unsaturated/α-hetero) is 1. The number of ketones is 1. The summed E-state index contributed by atoms with van der Waals surface area (Å²) in [7, 11) is 1.70. The number of carbonyl (C=O) groups excluding carboxylic acids is 7. The highest BCUT2D eigenvalue weighted by Crippen LogP contribution is 2.26. The second-order valence-corrected chi connectivity index (χ2v) is 16.3. The van der Waals surface area contributed by atoms with Crippen molar-refractivity contribution in [1.82, 2.24) is 20.4 Å². The number of carbonyl (C=O) groups is 7. The number of nitrogens with two attached hydrogens (primary N) is 1. The summed E-state index contributed by atoms with van der Waals surface area (Å²) >= 11 is 1.55. The molecule has 1 saturated heterocycles. The number of ether oxygens (including phenoxy) is 1. The number of amides is 7. The van der Waals surface area contributed by atoms with Gasteiger partial charge in [-0.1, -0.05) is 59.6 Å². The van der Waals surface area contributed by atoms with Gasteiger partial charge in [-0.15, -0.1) is 11.8 Å². The van der Waals surface area contributed by atoms with Gasteiger partial charge in [0.15, 0.2) is 5.78 Å². The van der Waals surface area contributed by atoms with Crippen molar-refractivity contribution in [2.45, 2.75) is 130 Å². The van der Waals surface area contributed by atoms with E-state index in [0.29, 0.717) is 37.9 Å². The van der Waals surface area contributed by atoms with Gasteiger partial charge in [0, 0.05) is 57.0 Å². The zero-order valence-corrected chi connectivity index (χ0v) is 34.6. The Morgan fingerprint density at radius 1 is 0.964 bits per heavy atom. The molecule has 1 aliphatic heterocycles. The summed E-state index contributed by atoms with van der Waals surface area (Å²) < 4.78 is 5.45. The maximum atomic E-state index is 13.6. The van der Waals surface area contributed by atoms with Gasteiger partial charge in [-0.3, -0.25) is 28.9 Å².